The molecule has 5 heteroatoms. The third-order valence-corrected chi connectivity index (χ3v) is 3.44. The first-order valence-electron chi connectivity index (χ1n) is 7.82. The predicted octanol–water partition coefficient (Wildman–Crippen LogP) is 2.76. The summed E-state index contributed by atoms with van der Waals surface area (Å²) in [7, 11) is 1.53. The number of carbonyl (C=O) groups excluding carboxylic acids is 2. The zero-order valence-electron chi connectivity index (χ0n) is 14.1. The molecular weight excluding hydrogens is 304 g/mol. The molecule has 0 saturated carbocycles. The lowest BCUT2D eigenvalue weighted by Gasteiger charge is -2.10. The van der Waals surface area contributed by atoms with Crippen LogP contribution in [0.4, 0.5) is 0 Å². The smallest absolute Gasteiger partial charge is 0.255 e. The zero-order chi connectivity index (χ0) is 17.5. The molecule has 0 aliphatic carbocycles. The molecule has 2 N–H and O–H groups in total. The van der Waals surface area contributed by atoms with Crippen molar-refractivity contribution in [2.24, 2.45) is 0 Å². The average molecular weight is 326 g/mol. The highest BCUT2D eigenvalue weighted by molar-refractivity contribution is 5.97. The molecule has 2 rings (SSSR count). The van der Waals surface area contributed by atoms with Crippen LogP contribution in [0.5, 0.6) is 5.75 Å². The Labute approximate surface area is 142 Å². The van der Waals surface area contributed by atoms with Gasteiger partial charge in [0.2, 0.25) is 0 Å². The van der Waals surface area contributed by atoms with E-state index in [1.54, 1.807) is 30.3 Å². The lowest BCUT2D eigenvalue weighted by Crippen LogP contribution is -2.30. The number of para-hydroxylation sites is 1. The molecule has 0 bridgehead atoms. The summed E-state index contributed by atoms with van der Waals surface area (Å²) >= 11 is 0. The minimum absolute atomic E-state index is 0.0947. The quantitative estimate of drug-likeness (QED) is 0.858. The Morgan fingerprint density at radius 1 is 1.00 bits per heavy atom. The third-order valence-electron chi connectivity index (χ3n) is 3.44. The Hall–Kier alpha value is -2.82. The van der Waals surface area contributed by atoms with Gasteiger partial charge in [-0.2, -0.15) is 0 Å². The Morgan fingerprint density at radius 2 is 1.67 bits per heavy atom. The van der Waals surface area contributed by atoms with Gasteiger partial charge in [-0.05, 0) is 43.7 Å². The summed E-state index contributed by atoms with van der Waals surface area (Å²) in [5.41, 5.74) is 2.01. The standard InChI is InChI=1S/C19H22N2O3/c1-13(2)21-18(22)15-10-8-14(9-11-15)12-20-19(23)16-6-4-5-7-17(16)24-3/h4-11,13H,12H2,1-3H3,(H,20,23)(H,21,22). The molecule has 0 fully saturated rings. The van der Waals surface area contributed by atoms with Crippen LogP contribution in [0, 0.1) is 0 Å². The number of benzene rings is 2. The van der Waals surface area contributed by atoms with Gasteiger partial charge in [-0.25, -0.2) is 0 Å². The Kier molecular flexibility index (Phi) is 5.95. The Morgan fingerprint density at radius 3 is 2.29 bits per heavy atom. The second-order valence-corrected chi connectivity index (χ2v) is 5.71. The van der Waals surface area contributed by atoms with E-state index in [9.17, 15) is 9.59 Å². The predicted molar refractivity (Wildman–Crippen MR) is 93.2 cm³/mol. The van der Waals surface area contributed by atoms with Crippen molar-refractivity contribution in [1.82, 2.24) is 10.6 Å². The van der Waals surface area contributed by atoms with E-state index in [-0.39, 0.29) is 17.9 Å². The van der Waals surface area contributed by atoms with Crippen molar-refractivity contribution in [1.29, 1.82) is 0 Å². The molecule has 5 nitrogen and oxygen atoms in total. The van der Waals surface area contributed by atoms with Gasteiger partial charge >= 0.3 is 0 Å². The molecule has 24 heavy (non-hydrogen) atoms. The van der Waals surface area contributed by atoms with Crippen molar-refractivity contribution >= 4 is 11.8 Å². The summed E-state index contributed by atoms with van der Waals surface area (Å²) in [6.45, 7) is 4.21. The van der Waals surface area contributed by atoms with Crippen LogP contribution in [0.3, 0.4) is 0 Å². The number of methoxy groups -OCH3 is 1. The van der Waals surface area contributed by atoms with Gasteiger partial charge in [0.25, 0.3) is 11.8 Å². The maximum Gasteiger partial charge on any atom is 0.255 e. The average Bonchev–Trinajstić information content (AvgIpc) is 2.59. The van der Waals surface area contributed by atoms with Crippen LogP contribution in [0.15, 0.2) is 48.5 Å². The second-order valence-electron chi connectivity index (χ2n) is 5.71. The van der Waals surface area contributed by atoms with Crippen LogP contribution >= 0.6 is 0 Å². The number of hydrogen-bond acceptors (Lipinski definition) is 3. The summed E-state index contributed by atoms with van der Waals surface area (Å²) in [4.78, 5) is 24.1. The van der Waals surface area contributed by atoms with E-state index in [1.165, 1.54) is 7.11 Å². The number of ether oxygens (including phenoxy) is 1. The lowest BCUT2D eigenvalue weighted by atomic mass is 10.1. The molecule has 2 aromatic rings. The van der Waals surface area contributed by atoms with Crippen LogP contribution in [-0.2, 0) is 6.54 Å². The summed E-state index contributed by atoms with van der Waals surface area (Å²) in [6, 6.07) is 14.3. The van der Waals surface area contributed by atoms with Crippen molar-refractivity contribution in [2.75, 3.05) is 7.11 Å². The van der Waals surface area contributed by atoms with Gasteiger partial charge in [-0.15, -0.1) is 0 Å². The number of hydrogen-bond donors (Lipinski definition) is 2. The van der Waals surface area contributed by atoms with Crippen LogP contribution in [0.25, 0.3) is 0 Å². The maximum atomic E-state index is 12.2. The zero-order valence-corrected chi connectivity index (χ0v) is 14.1. The van der Waals surface area contributed by atoms with Crippen molar-refractivity contribution in [3.63, 3.8) is 0 Å². The molecule has 0 aliphatic heterocycles. The Bertz CT molecular complexity index is 709. The monoisotopic (exact) mass is 326 g/mol. The highest BCUT2D eigenvalue weighted by Crippen LogP contribution is 2.17. The third kappa shape index (κ3) is 4.59. The summed E-state index contributed by atoms with van der Waals surface area (Å²) < 4.78 is 5.19. The molecule has 0 radical (unpaired) electrons. The molecule has 2 amide bonds. The summed E-state index contributed by atoms with van der Waals surface area (Å²) in [6.07, 6.45) is 0. The maximum absolute atomic E-state index is 12.2. The van der Waals surface area contributed by atoms with E-state index in [0.717, 1.165) is 5.56 Å². The minimum Gasteiger partial charge on any atom is -0.496 e. The minimum atomic E-state index is -0.200. The number of nitrogens with one attached hydrogen (secondary N) is 2. The first kappa shape index (κ1) is 17.5. The van der Waals surface area contributed by atoms with Crippen LogP contribution in [0.1, 0.15) is 40.1 Å². The fourth-order valence-electron chi connectivity index (χ4n) is 2.23. The molecule has 0 aromatic heterocycles. The number of rotatable bonds is 6. The molecule has 126 valence electrons. The van der Waals surface area contributed by atoms with E-state index >= 15 is 0 Å². The van der Waals surface area contributed by atoms with Crippen LogP contribution in [-0.4, -0.2) is 25.0 Å². The topological polar surface area (TPSA) is 67.4 Å². The van der Waals surface area contributed by atoms with E-state index in [0.29, 0.717) is 23.4 Å². The van der Waals surface area contributed by atoms with E-state index in [4.69, 9.17) is 4.74 Å². The normalized spacial score (nSPS) is 10.3. The molecule has 0 unspecified atom stereocenters. The van der Waals surface area contributed by atoms with Crippen molar-refractivity contribution < 1.29 is 14.3 Å². The molecule has 0 spiro atoms. The van der Waals surface area contributed by atoms with Gasteiger partial charge in [0, 0.05) is 18.2 Å². The second kappa shape index (κ2) is 8.15. The SMILES string of the molecule is COc1ccccc1C(=O)NCc1ccc(C(=O)NC(C)C)cc1. The van der Waals surface area contributed by atoms with Gasteiger partial charge in [0.05, 0.1) is 12.7 Å². The summed E-state index contributed by atoms with van der Waals surface area (Å²) in [5.74, 6) is 0.236. The molecule has 0 aliphatic rings. The fourth-order valence-corrected chi connectivity index (χ4v) is 2.23. The van der Waals surface area contributed by atoms with Crippen molar-refractivity contribution in [3.8, 4) is 5.75 Å². The van der Waals surface area contributed by atoms with Gasteiger partial charge < -0.3 is 15.4 Å². The molecular formula is C19H22N2O3. The van der Waals surface area contributed by atoms with E-state index in [2.05, 4.69) is 10.6 Å². The highest BCUT2D eigenvalue weighted by Gasteiger charge is 2.11. The van der Waals surface area contributed by atoms with Gasteiger partial charge in [-0.1, -0.05) is 24.3 Å². The van der Waals surface area contributed by atoms with Crippen LogP contribution in [0.2, 0.25) is 0 Å². The van der Waals surface area contributed by atoms with Gasteiger partial charge in [0.15, 0.2) is 0 Å². The van der Waals surface area contributed by atoms with Crippen molar-refractivity contribution in [2.45, 2.75) is 26.4 Å². The highest BCUT2D eigenvalue weighted by atomic mass is 16.5. The van der Waals surface area contributed by atoms with Crippen molar-refractivity contribution in [3.05, 3.63) is 65.2 Å². The van der Waals surface area contributed by atoms with E-state index < -0.39 is 0 Å². The van der Waals surface area contributed by atoms with Gasteiger partial charge in [0.1, 0.15) is 5.75 Å². The molecule has 0 heterocycles. The first-order valence-corrected chi connectivity index (χ1v) is 7.82. The van der Waals surface area contributed by atoms with Crippen LogP contribution < -0.4 is 15.4 Å². The summed E-state index contributed by atoms with van der Waals surface area (Å²) in [5, 5.41) is 5.69. The van der Waals surface area contributed by atoms with Gasteiger partial charge in [-0.3, -0.25) is 9.59 Å². The molecule has 2 aromatic carbocycles. The number of carbonyl (C=O) groups is 2. The Balaban J connectivity index is 1.97. The number of amides is 2. The fraction of sp³-hybridized carbons (Fsp3) is 0.263. The lowest BCUT2D eigenvalue weighted by molar-refractivity contribution is 0.0935. The largest absolute Gasteiger partial charge is 0.496 e. The first-order chi connectivity index (χ1) is 11.5. The molecule has 0 saturated heterocycles. The molecule has 0 atom stereocenters. The van der Waals surface area contributed by atoms with E-state index in [1.807, 2.05) is 32.0 Å².